The smallest absolute Gasteiger partial charge is 0.305 e. The van der Waals surface area contributed by atoms with Crippen LogP contribution in [0, 0.1) is 6.92 Å². The fraction of sp³-hybridized carbons (Fsp3) is 0.267. The molecular weight excluding hydrogens is 272 g/mol. The predicted molar refractivity (Wildman–Crippen MR) is 75.9 cm³/mol. The SMILES string of the molecule is CON1C(=C=O)n2c(cc3c(C)cccc32)C1CC(=O)O. The highest BCUT2D eigenvalue weighted by atomic mass is 16.7. The molecule has 1 aromatic heterocycles. The molecule has 3 rings (SSSR count). The highest BCUT2D eigenvalue weighted by Gasteiger charge is 2.38. The normalized spacial score (nSPS) is 17.1. The summed E-state index contributed by atoms with van der Waals surface area (Å²) in [6.45, 7) is 1.97. The number of carboxylic acids is 1. The Kier molecular flexibility index (Phi) is 3.05. The zero-order chi connectivity index (χ0) is 15.1. The zero-order valence-corrected chi connectivity index (χ0v) is 11.7. The van der Waals surface area contributed by atoms with E-state index in [-0.39, 0.29) is 12.2 Å². The lowest BCUT2D eigenvalue weighted by Gasteiger charge is -2.21. The van der Waals surface area contributed by atoms with Crippen molar-refractivity contribution in [3.8, 4) is 0 Å². The lowest BCUT2D eigenvalue weighted by molar-refractivity contribution is -0.145. The van der Waals surface area contributed by atoms with Crippen LogP contribution in [0.15, 0.2) is 24.3 Å². The van der Waals surface area contributed by atoms with Crippen LogP contribution >= 0.6 is 0 Å². The summed E-state index contributed by atoms with van der Waals surface area (Å²) < 4.78 is 1.71. The summed E-state index contributed by atoms with van der Waals surface area (Å²) in [5.74, 6) is 1.08. The molecule has 0 bridgehead atoms. The third kappa shape index (κ3) is 1.85. The summed E-state index contributed by atoms with van der Waals surface area (Å²) in [6, 6.07) is 7.13. The van der Waals surface area contributed by atoms with Crippen molar-refractivity contribution in [2.75, 3.05) is 7.11 Å². The van der Waals surface area contributed by atoms with E-state index < -0.39 is 12.0 Å². The second-order valence-corrected chi connectivity index (χ2v) is 4.96. The van der Waals surface area contributed by atoms with E-state index in [2.05, 4.69) is 0 Å². The summed E-state index contributed by atoms with van der Waals surface area (Å²) >= 11 is 0. The van der Waals surface area contributed by atoms with Gasteiger partial charge in [0.05, 0.1) is 24.7 Å². The van der Waals surface area contributed by atoms with E-state index in [1.54, 1.807) is 4.57 Å². The molecule has 0 spiro atoms. The standard InChI is InChI=1S/C15H14N2O4/c1-9-4-3-5-11-10(9)6-12-13(7-15(19)20)17(21-2)14(8-18)16(11)12/h3-6,13H,7H2,1-2H3,(H,19,20). The molecule has 1 aliphatic rings. The minimum Gasteiger partial charge on any atom is -0.481 e. The number of benzene rings is 1. The van der Waals surface area contributed by atoms with Gasteiger partial charge in [0.1, 0.15) is 6.04 Å². The Morgan fingerprint density at radius 1 is 1.48 bits per heavy atom. The van der Waals surface area contributed by atoms with Crippen molar-refractivity contribution >= 4 is 28.6 Å². The summed E-state index contributed by atoms with van der Waals surface area (Å²) in [5, 5.41) is 11.4. The quantitative estimate of drug-likeness (QED) is 0.873. The molecular formula is C15H14N2O4. The number of aromatic nitrogens is 1. The number of carboxylic acid groups (broad SMARTS) is 1. The van der Waals surface area contributed by atoms with Gasteiger partial charge in [0, 0.05) is 5.39 Å². The summed E-state index contributed by atoms with van der Waals surface area (Å²) in [4.78, 5) is 27.6. The van der Waals surface area contributed by atoms with Gasteiger partial charge in [-0.15, -0.1) is 0 Å². The minimum absolute atomic E-state index is 0.158. The van der Waals surface area contributed by atoms with Crippen molar-refractivity contribution in [2.45, 2.75) is 19.4 Å². The van der Waals surface area contributed by atoms with Crippen molar-refractivity contribution < 1.29 is 19.5 Å². The van der Waals surface area contributed by atoms with E-state index in [0.29, 0.717) is 0 Å². The van der Waals surface area contributed by atoms with Gasteiger partial charge in [-0.05, 0) is 24.6 Å². The van der Waals surface area contributed by atoms with Gasteiger partial charge in [-0.2, -0.15) is 0 Å². The van der Waals surface area contributed by atoms with Gasteiger partial charge >= 0.3 is 5.97 Å². The maximum Gasteiger partial charge on any atom is 0.305 e. The molecule has 0 saturated carbocycles. The Hall–Kier alpha value is -2.56. The minimum atomic E-state index is -0.956. The molecule has 6 nitrogen and oxygen atoms in total. The van der Waals surface area contributed by atoms with E-state index >= 15 is 0 Å². The van der Waals surface area contributed by atoms with Gasteiger partial charge in [-0.1, -0.05) is 12.1 Å². The fourth-order valence-electron chi connectivity index (χ4n) is 2.90. The second kappa shape index (κ2) is 4.77. The molecule has 0 amide bonds. The van der Waals surface area contributed by atoms with Crippen LogP contribution in [0.1, 0.15) is 23.7 Å². The Morgan fingerprint density at radius 3 is 2.86 bits per heavy atom. The van der Waals surface area contributed by atoms with Crippen LogP contribution in [0.5, 0.6) is 0 Å². The van der Waals surface area contributed by atoms with Gasteiger partial charge in [0.15, 0.2) is 5.94 Å². The summed E-state index contributed by atoms with van der Waals surface area (Å²) in [6.07, 6.45) is -0.158. The molecule has 1 atom stereocenters. The van der Waals surface area contributed by atoms with E-state index in [9.17, 15) is 9.59 Å². The first kappa shape index (κ1) is 13.4. The number of hydroxylamine groups is 2. The fourth-order valence-corrected chi connectivity index (χ4v) is 2.90. The monoisotopic (exact) mass is 286 g/mol. The number of aryl methyl sites for hydroxylation is 1. The van der Waals surface area contributed by atoms with Crippen molar-refractivity contribution in [3.05, 3.63) is 35.5 Å². The molecule has 1 unspecified atom stereocenters. The molecule has 2 aromatic rings. The highest BCUT2D eigenvalue weighted by Crippen LogP contribution is 2.41. The van der Waals surface area contributed by atoms with Crippen LogP contribution in [0.25, 0.3) is 16.7 Å². The number of rotatable bonds is 3. The Morgan fingerprint density at radius 2 is 2.24 bits per heavy atom. The lowest BCUT2D eigenvalue weighted by Crippen LogP contribution is -2.23. The summed E-state index contributed by atoms with van der Waals surface area (Å²) in [7, 11) is 1.41. The molecule has 1 aromatic carbocycles. The van der Waals surface area contributed by atoms with E-state index in [4.69, 9.17) is 9.94 Å². The van der Waals surface area contributed by atoms with Gasteiger partial charge in [0.25, 0.3) is 0 Å². The number of hydrogen-bond donors (Lipinski definition) is 1. The first-order valence-electron chi connectivity index (χ1n) is 6.50. The Labute approximate surface area is 120 Å². The van der Waals surface area contributed by atoms with Crippen LogP contribution in [-0.2, 0) is 14.4 Å². The maximum atomic E-state index is 11.3. The largest absolute Gasteiger partial charge is 0.481 e. The van der Waals surface area contributed by atoms with E-state index in [1.807, 2.05) is 37.1 Å². The number of aliphatic carboxylic acids is 1. The highest BCUT2D eigenvalue weighted by molar-refractivity contribution is 5.93. The van der Waals surface area contributed by atoms with Gasteiger partial charge in [0.2, 0.25) is 5.82 Å². The van der Waals surface area contributed by atoms with Crippen molar-refractivity contribution in [2.24, 2.45) is 0 Å². The van der Waals surface area contributed by atoms with Crippen LogP contribution < -0.4 is 0 Å². The first-order chi connectivity index (χ1) is 10.1. The first-order valence-corrected chi connectivity index (χ1v) is 6.50. The van der Waals surface area contributed by atoms with Crippen LogP contribution in [0.2, 0.25) is 0 Å². The van der Waals surface area contributed by atoms with Crippen LogP contribution in [0.4, 0.5) is 0 Å². The van der Waals surface area contributed by atoms with Crippen molar-refractivity contribution in [1.29, 1.82) is 0 Å². The van der Waals surface area contributed by atoms with E-state index in [1.165, 1.54) is 12.2 Å². The molecule has 108 valence electrons. The average molecular weight is 286 g/mol. The van der Waals surface area contributed by atoms with Crippen LogP contribution in [-0.4, -0.2) is 33.8 Å². The van der Waals surface area contributed by atoms with Crippen LogP contribution in [0.3, 0.4) is 0 Å². The van der Waals surface area contributed by atoms with Gasteiger partial charge in [-0.3, -0.25) is 14.2 Å². The predicted octanol–water partition coefficient (Wildman–Crippen LogP) is 1.97. The summed E-state index contributed by atoms with van der Waals surface area (Å²) in [5.41, 5.74) is 2.64. The second-order valence-electron chi connectivity index (χ2n) is 4.96. The molecule has 0 aliphatic carbocycles. The average Bonchev–Trinajstić information content (AvgIpc) is 2.95. The van der Waals surface area contributed by atoms with Gasteiger partial charge < -0.3 is 5.11 Å². The third-order valence-corrected chi connectivity index (χ3v) is 3.79. The lowest BCUT2D eigenvalue weighted by atomic mass is 10.1. The Bertz CT molecular complexity index is 786. The molecule has 0 saturated heterocycles. The molecule has 21 heavy (non-hydrogen) atoms. The number of carbonyl (C=O) groups is 1. The zero-order valence-electron chi connectivity index (χ0n) is 11.7. The molecule has 6 heteroatoms. The molecule has 0 fully saturated rings. The number of carbonyl (C=O) groups excluding carboxylic acids is 1. The number of nitrogens with zero attached hydrogens (tertiary/aromatic N) is 2. The molecule has 2 heterocycles. The Balaban J connectivity index is 2.29. The number of fused-ring (bicyclic) bond motifs is 3. The molecule has 1 N–H and O–H groups in total. The third-order valence-electron chi connectivity index (χ3n) is 3.79. The molecule has 1 aliphatic heterocycles. The maximum absolute atomic E-state index is 11.3. The topological polar surface area (TPSA) is 71.8 Å². The van der Waals surface area contributed by atoms with Gasteiger partial charge in [-0.25, -0.2) is 9.86 Å². The number of hydrogen-bond acceptors (Lipinski definition) is 4. The van der Waals surface area contributed by atoms with Crippen molar-refractivity contribution in [3.63, 3.8) is 0 Å². The van der Waals surface area contributed by atoms with E-state index in [0.717, 1.165) is 22.2 Å². The molecule has 0 radical (unpaired) electrons. The van der Waals surface area contributed by atoms with Crippen molar-refractivity contribution in [1.82, 2.24) is 9.63 Å².